The van der Waals surface area contributed by atoms with Gasteiger partial charge in [-0.15, -0.1) is 0 Å². The number of methoxy groups -OCH3 is 1. The number of benzene rings is 2. The number of carbonyl (C=O) groups is 2. The fraction of sp³-hybridized carbons (Fsp3) is 0.143. The molecule has 126 valence electrons. The number of hydrogen-bond acceptors (Lipinski definition) is 3. The van der Waals surface area contributed by atoms with E-state index in [4.69, 9.17) is 4.74 Å². The summed E-state index contributed by atoms with van der Waals surface area (Å²) in [4.78, 5) is 24.5. The van der Waals surface area contributed by atoms with Gasteiger partial charge in [-0.3, -0.25) is 4.79 Å². The van der Waals surface area contributed by atoms with Crippen LogP contribution in [0.2, 0.25) is 0 Å². The summed E-state index contributed by atoms with van der Waals surface area (Å²) in [5.74, 6) is -0.558. The number of carbonyl (C=O) groups excluding carboxylic acids is 2. The van der Waals surface area contributed by atoms with Crippen molar-refractivity contribution in [2.75, 3.05) is 7.11 Å². The number of nitrogens with zero attached hydrogens (tertiary/aromatic N) is 1. The molecule has 0 saturated heterocycles. The molecule has 4 nitrogen and oxygen atoms in total. The van der Waals surface area contributed by atoms with Gasteiger partial charge >= 0.3 is 5.97 Å². The van der Waals surface area contributed by atoms with Crippen molar-refractivity contribution in [2.45, 2.75) is 13.5 Å². The van der Waals surface area contributed by atoms with Crippen LogP contribution in [-0.4, -0.2) is 23.4 Å². The lowest BCUT2D eigenvalue weighted by Gasteiger charge is -2.06. The van der Waals surface area contributed by atoms with Crippen LogP contribution >= 0.6 is 0 Å². The standard InChI is InChI=1S/C21H19NO3/c1-3-22-14-18(21(24)25-2)13-19(22)20(23)17-11-9-16(10-12-17)15-7-5-4-6-8-15/h4-14H,3H2,1-2H3. The number of esters is 1. The van der Waals surface area contributed by atoms with E-state index < -0.39 is 5.97 Å². The topological polar surface area (TPSA) is 48.3 Å². The van der Waals surface area contributed by atoms with E-state index >= 15 is 0 Å². The highest BCUT2D eigenvalue weighted by atomic mass is 16.5. The number of aryl methyl sites for hydroxylation is 1. The van der Waals surface area contributed by atoms with Gasteiger partial charge in [-0.1, -0.05) is 54.6 Å². The maximum atomic E-state index is 12.8. The predicted octanol–water partition coefficient (Wildman–Crippen LogP) is 4.19. The minimum atomic E-state index is -0.444. The highest BCUT2D eigenvalue weighted by Gasteiger charge is 2.18. The summed E-state index contributed by atoms with van der Waals surface area (Å²) >= 11 is 0. The van der Waals surface area contributed by atoms with Gasteiger partial charge in [0.25, 0.3) is 0 Å². The number of hydrogen-bond donors (Lipinski definition) is 0. The number of rotatable bonds is 5. The molecule has 2 aromatic carbocycles. The fourth-order valence-corrected chi connectivity index (χ4v) is 2.78. The third-order valence-corrected chi connectivity index (χ3v) is 4.15. The normalized spacial score (nSPS) is 10.5. The molecule has 25 heavy (non-hydrogen) atoms. The van der Waals surface area contributed by atoms with Crippen LogP contribution in [0.5, 0.6) is 0 Å². The summed E-state index contributed by atoms with van der Waals surface area (Å²) < 4.78 is 6.50. The first-order valence-corrected chi connectivity index (χ1v) is 8.12. The molecule has 0 saturated carbocycles. The lowest BCUT2D eigenvalue weighted by molar-refractivity contribution is 0.0600. The summed E-state index contributed by atoms with van der Waals surface area (Å²) in [6.07, 6.45) is 1.65. The third kappa shape index (κ3) is 3.38. The van der Waals surface area contributed by atoms with Crippen LogP contribution in [0, 0.1) is 0 Å². The van der Waals surface area contributed by atoms with Gasteiger partial charge in [-0.2, -0.15) is 0 Å². The first kappa shape index (κ1) is 16.7. The second kappa shape index (κ2) is 7.18. The van der Waals surface area contributed by atoms with E-state index in [1.807, 2.05) is 61.5 Å². The van der Waals surface area contributed by atoms with Gasteiger partial charge in [0, 0.05) is 18.3 Å². The molecule has 0 unspecified atom stereocenters. The van der Waals surface area contributed by atoms with Crippen molar-refractivity contribution in [1.29, 1.82) is 0 Å². The third-order valence-electron chi connectivity index (χ3n) is 4.15. The molecule has 1 heterocycles. The Morgan fingerprint density at radius 1 is 0.920 bits per heavy atom. The van der Waals surface area contributed by atoms with Crippen LogP contribution in [-0.2, 0) is 11.3 Å². The number of aromatic nitrogens is 1. The summed E-state index contributed by atoms with van der Waals surface area (Å²) in [6, 6.07) is 19.1. The average Bonchev–Trinajstić information content (AvgIpc) is 3.12. The predicted molar refractivity (Wildman–Crippen MR) is 96.8 cm³/mol. The lowest BCUT2D eigenvalue weighted by Crippen LogP contribution is -2.08. The SMILES string of the molecule is CCn1cc(C(=O)OC)cc1C(=O)c1ccc(-c2ccccc2)cc1. The Kier molecular flexibility index (Phi) is 4.80. The molecule has 0 amide bonds. The minimum absolute atomic E-state index is 0.114. The van der Waals surface area contributed by atoms with Gasteiger partial charge in [-0.05, 0) is 24.1 Å². The highest BCUT2D eigenvalue weighted by Crippen LogP contribution is 2.21. The molecule has 0 aliphatic heterocycles. The van der Waals surface area contributed by atoms with Gasteiger partial charge in [0.05, 0.1) is 18.4 Å². The largest absolute Gasteiger partial charge is 0.465 e. The summed E-state index contributed by atoms with van der Waals surface area (Å²) in [6.45, 7) is 2.52. The Hall–Kier alpha value is -3.14. The van der Waals surface area contributed by atoms with Crippen molar-refractivity contribution < 1.29 is 14.3 Å². The van der Waals surface area contributed by atoms with Gasteiger partial charge in [0.15, 0.2) is 0 Å². The molecule has 4 heteroatoms. The lowest BCUT2D eigenvalue weighted by atomic mass is 10.0. The Labute approximate surface area is 146 Å². The van der Waals surface area contributed by atoms with Crippen LogP contribution in [0.25, 0.3) is 11.1 Å². The smallest absolute Gasteiger partial charge is 0.339 e. The Morgan fingerprint density at radius 3 is 2.16 bits per heavy atom. The van der Waals surface area contributed by atoms with Gasteiger partial charge < -0.3 is 9.30 Å². The molecule has 0 N–H and O–H groups in total. The molecule has 0 aliphatic carbocycles. The van der Waals surface area contributed by atoms with E-state index in [2.05, 4.69) is 0 Å². The van der Waals surface area contributed by atoms with Crippen molar-refractivity contribution in [3.63, 3.8) is 0 Å². The maximum Gasteiger partial charge on any atom is 0.339 e. The minimum Gasteiger partial charge on any atom is -0.465 e. The molecule has 0 spiro atoms. The molecule has 0 bridgehead atoms. The van der Waals surface area contributed by atoms with Gasteiger partial charge in [-0.25, -0.2) is 4.79 Å². The summed E-state index contributed by atoms with van der Waals surface area (Å²) in [5, 5.41) is 0. The Balaban J connectivity index is 1.91. The second-order valence-electron chi connectivity index (χ2n) is 5.66. The molecule has 0 atom stereocenters. The molecule has 1 aromatic heterocycles. The zero-order chi connectivity index (χ0) is 17.8. The average molecular weight is 333 g/mol. The number of ether oxygens (including phenoxy) is 1. The quantitative estimate of drug-likeness (QED) is 0.519. The van der Waals surface area contributed by atoms with Crippen LogP contribution in [0.15, 0.2) is 66.9 Å². The van der Waals surface area contributed by atoms with Crippen molar-refractivity contribution in [3.05, 3.63) is 83.7 Å². The van der Waals surface area contributed by atoms with Crippen molar-refractivity contribution >= 4 is 11.8 Å². The zero-order valence-corrected chi connectivity index (χ0v) is 14.2. The Bertz CT molecular complexity index is 893. The van der Waals surface area contributed by atoms with Crippen LogP contribution in [0.4, 0.5) is 0 Å². The van der Waals surface area contributed by atoms with Crippen molar-refractivity contribution in [1.82, 2.24) is 4.57 Å². The van der Waals surface area contributed by atoms with Crippen LogP contribution in [0.1, 0.15) is 33.3 Å². The molecule has 3 aromatic rings. The van der Waals surface area contributed by atoms with E-state index in [-0.39, 0.29) is 5.78 Å². The highest BCUT2D eigenvalue weighted by molar-refractivity contribution is 6.09. The monoisotopic (exact) mass is 333 g/mol. The molecule has 0 aliphatic rings. The second-order valence-corrected chi connectivity index (χ2v) is 5.66. The zero-order valence-electron chi connectivity index (χ0n) is 14.2. The molecule has 3 rings (SSSR count). The Morgan fingerprint density at radius 2 is 1.56 bits per heavy atom. The fourth-order valence-electron chi connectivity index (χ4n) is 2.78. The molecule has 0 radical (unpaired) electrons. The van der Waals surface area contributed by atoms with Gasteiger partial charge in [0.2, 0.25) is 5.78 Å². The molecular weight excluding hydrogens is 314 g/mol. The molecular formula is C21H19NO3. The first-order valence-electron chi connectivity index (χ1n) is 8.12. The van der Waals surface area contributed by atoms with Crippen LogP contribution in [0.3, 0.4) is 0 Å². The summed E-state index contributed by atoms with van der Waals surface area (Å²) in [7, 11) is 1.33. The molecule has 0 fully saturated rings. The van der Waals surface area contributed by atoms with Crippen molar-refractivity contribution in [3.8, 4) is 11.1 Å². The van der Waals surface area contributed by atoms with Crippen molar-refractivity contribution in [2.24, 2.45) is 0 Å². The van der Waals surface area contributed by atoms with E-state index in [1.165, 1.54) is 7.11 Å². The van der Waals surface area contributed by atoms with E-state index in [0.29, 0.717) is 23.4 Å². The van der Waals surface area contributed by atoms with E-state index in [9.17, 15) is 9.59 Å². The van der Waals surface area contributed by atoms with E-state index in [1.54, 1.807) is 16.8 Å². The first-order chi connectivity index (χ1) is 12.1. The van der Waals surface area contributed by atoms with Crippen LogP contribution < -0.4 is 0 Å². The maximum absolute atomic E-state index is 12.8. The summed E-state index contributed by atoms with van der Waals surface area (Å²) in [5.41, 5.74) is 3.61. The van der Waals surface area contributed by atoms with E-state index in [0.717, 1.165) is 11.1 Å². The number of ketones is 1. The van der Waals surface area contributed by atoms with Gasteiger partial charge in [0.1, 0.15) is 0 Å².